The van der Waals surface area contributed by atoms with E-state index < -0.39 is 74.1 Å². The van der Waals surface area contributed by atoms with Crippen molar-refractivity contribution in [1.29, 1.82) is 0 Å². The molecule has 2 fully saturated rings. The lowest BCUT2D eigenvalue weighted by atomic mass is 9.98. The molecule has 0 aliphatic carbocycles. The lowest BCUT2D eigenvalue weighted by molar-refractivity contribution is -0.325. The lowest BCUT2D eigenvalue weighted by Gasteiger charge is -2.42. The number of aromatic hydroxyl groups is 4. The minimum Gasteiger partial charge on any atom is -0.571 e. The second-order valence-corrected chi connectivity index (χ2v) is 10.2. The summed E-state index contributed by atoms with van der Waals surface area (Å²) in [5.74, 6) is -0.211. The van der Waals surface area contributed by atoms with Gasteiger partial charge in [-0.1, -0.05) is 0 Å². The van der Waals surface area contributed by atoms with E-state index in [4.69, 9.17) is 18.9 Å². The average molecular weight is 582 g/mol. The van der Waals surface area contributed by atoms with Crippen molar-refractivity contribution in [3.63, 3.8) is 0 Å². The first-order valence-electron chi connectivity index (χ1n) is 12.9. The van der Waals surface area contributed by atoms with Crippen LogP contribution in [0.2, 0.25) is 0 Å². The number of hydrogen-bond donors (Lipinski definition) is 9. The molecular formula is C27H33O14+. The molecule has 224 valence electrons. The Balaban J connectivity index is 1.37. The number of rotatable bonds is 6. The fourth-order valence-electron chi connectivity index (χ4n) is 4.91. The minimum absolute atomic E-state index is 0.00108. The number of aliphatic hydroxyl groups excluding tert-OH is 6. The van der Waals surface area contributed by atoms with E-state index in [1.807, 2.05) is 0 Å². The first-order valence-corrected chi connectivity index (χ1v) is 12.9. The maximum atomic E-state index is 10.7. The van der Waals surface area contributed by atoms with Gasteiger partial charge in [-0.3, -0.25) is 0 Å². The number of benzene rings is 2. The Morgan fingerprint density at radius 1 is 0.756 bits per heavy atom. The van der Waals surface area contributed by atoms with Crippen LogP contribution in [-0.4, -0.2) is 119 Å². The maximum absolute atomic E-state index is 10.7. The molecule has 0 bridgehead atoms. The van der Waals surface area contributed by atoms with Crippen LogP contribution in [0, 0.1) is 0 Å². The van der Waals surface area contributed by atoms with Gasteiger partial charge >= 0.3 is 0 Å². The van der Waals surface area contributed by atoms with Crippen molar-refractivity contribution in [2.24, 2.45) is 0 Å². The van der Waals surface area contributed by atoms with Crippen LogP contribution in [0.25, 0.3) is 6.08 Å². The zero-order chi connectivity index (χ0) is 29.6. The van der Waals surface area contributed by atoms with E-state index in [2.05, 4.69) is 4.74 Å². The quantitative estimate of drug-likeness (QED) is 0.183. The number of fused-ring (bicyclic) bond motifs is 1. The van der Waals surface area contributed by atoms with Crippen LogP contribution < -0.4 is 0 Å². The van der Waals surface area contributed by atoms with Crippen LogP contribution in [0.5, 0.6) is 23.0 Å². The molecule has 5 rings (SSSR count). The molecule has 41 heavy (non-hydrogen) atoms. The molecule has 2 saturated heterocycles. The Bertz CT molecular complexity index is 1250. The summed E-state index contributed by atoms with van der Waals surface area (Å²) in [6.07, 6.45) is -14.3. The summed E-state index contributed by atoms with van der Waals surface area (Å²) in [5.41, 5.74) is 0.739. The molecule has 10 N–H and O–H groups in total. The molecule has 3 heterocycles. The van der Waals surface area contributed by atoms with Gasteiger partial charge in [0.25, 0.3) is 11.9 Å². The van der Waals surface area contributed by atoms with E-state index in [-0.39, 0.29) is 34.3 Å². The van der Waals surface area contributed by atoms with Crippen LogP contribution in [0.15, 0.2) is 42.2 Å². The summed E-state index contributed by atoms with van der Waals surface area (Å²) < 4.78 is 27.2. The van der Waals surface area contributed by atoms with Gasteiger partial charge in [-0.25, -0.2) is 0 Å². The zero-order valence-electron chi connectivity index (χ0n) is 21.7. The second-order valence-electron chi connectivity index (χ2n) is 10.2. The third-order valence-corrected chi connectivity index (χ3v) is 7.31. The largest absolute Gasteiger partial charge is 0.571 e. The number of phenols is 3. The summed E-state index contributed by atoms with van der Waals surface area (Å²) in [5, 5.41) is 92.0. The van der Waals surface area contributed by atoms with Gasteiger partial charge in [-0.05, 0) is 31.2 Å². The highest BCUT2D eigenvalue weighted by Gasteiger charge is 2.48. The fraction of sp³-hybridized carbons (Fsp3) is 0.481. The summed E-state index contributed by atoms with van der Waals surface area (Å²) in [4.78, 5) is 0. The maximum Gasteiger partial charge on any atom is 0.270 e. The number of ether oxygens (including phenoxy) is 5. The summed E-state index contributed by atoms with van der Waals surface area (Å²) in [7, 11) is 0. The standard InChI is InChI=1S/C27H32O14/c1-10-19(31)21(33)23(35)26(38-10)37-9-18-20(32)22(34)24(36)27(41-18)40-17-8-14-15(30)6-13(29)7-16(14)39-25(17)11-2-4-12(28)5-3-11/h2-8,10,18-36H,9H2,1H3/p+1. The highest BCUT2D eigenvalue weighted by molar-refractivity contribution is 5.69. The Hall–Kier alpha value is -3.18. The summed E-state index contributed by atoms with van der Waals surface area (Å²) in [6, 6.07) is 8.45. The van der Waals surface area contributed by atoms with Crippen LogP contribution in [0.1, 0.15) is 24.2 Å². The van der Waals surface area contributed by atoms with Gasteiger partial charge in [0.15, 0.2) is 12.0 Å². The third kappa shape index (κ3) is 5.79. The average Bonchev–Trinajstić information content (AvgIpc) is 2.94. The Kier molecular flexibility index (Phi) is 8.29. The van der Waals surface area contributed by atoms with Crippen LogP contribution in [0.4, 0.5) is 0 Å². The smallest absolute Gasteiger partial charge is 0.270 e. The van der Waals surface area contributed by atoms with Crippen molar-refractivity contribution >= 4 is 6.08 Å². The molecule has 11 unspecified atom stereocenters. The molecule has 0 radical (unpaired) electrons. The van der Waals surface area contributed by atoms with Crippen LogP contribution in [-0.2, 0) is 18.9 Å². The molecule has 3 aliphatic heterocycles. The van der Waals surface area contributed by atoms with Crippen molar-refractivity contribution in [2.45, 2.75) is 74.4 Å². The topological polar surface area (TPSA) is 232 Å². The van der Waals surface area contributed by atoms with E-state index in [0.29, 0.717) is 5.56 Å². The molecule has 0 spiro atoms. The fourth-order valence-corrected chi connectivity index (χ4v) is 4.91. The Morgan fingerprint density at radius 3 is 2.12 bits per heavy atom. The van der Waals surface area contributed by atoms with Gasteiger partial charge < -0.3 is 69.6 Å². The number of hydrogen-bond acceptors (Lipinski definition) is 13. The SMILES string of the molecule is CC1OC(OCC2OC(OC3=Cc4c(O)cc(O)cc4[OH+]C3c3ccc(O)cc3)C(O)C(O)C2O)C(O)C(O)C1O. The summed E-state index contributed by atoms with van der Waals surface area (Å²) >= 11 is 0. The van der Waals surface area contributed by atoms with Crippen LogP contribution in [0.3, 0.4) is 0 Å². The molecule has 0 saturated carbocycles. The molecule has 0 amide bonds. The van der Waals surface area contributed by atoms with E-state index >= 15 is 0 Å². The van der Waals surface area contributed by atoms with Crippen molar-refractivity contribution in [3.8, 4) is 23.0 Å². The minimum atomic E-state index is -1.75. The van der Waals surface area contributed by atoms with Crippen molar-refractivity contribution < 1.29 is 69.6 Å². The van der Waals surface area contributed by atoms with Gasteiger partial charge in [-0.15, -0.1) is 0 Å². The molecule has 2 aromatic rings. The van der Waals surface area contributed by atoms with Crippen molar-refractivity contribution in [1.82, 2.24) is 0 Å². The van der Waals surface area contributed by atoms with E-state index in [9.17, 15) is 46.0 Å². The van der Waals surface area contributed by atoms with E-state index in [1.165, 1.54) is 31.2 Å². The molecule has 0 aromatic heterocycles. The van der Waals surface area contributed by atoms with Gasteiger partial charge in [0, 0.05) is 12.1 Å². The Morgan fingerprint density at radius 2 is 1.41 bits per heavy atom. The second kappa shape index (κ2) is 11.6. The van der Waals surface area contributed by atoms with Crippen LogP contribution >= 0.6 is 0 Å². The molecule has 14 heteroatoms. The van der Waals surface area contributed by atoms with Crippen molar-refractivity contribution in [3.05, 3.63) is 53.3 Å². The first-order chi connectivity index (χ1) is 19.4. The molecule has 11 atom stereocenters. The predicted molar refractivity (Wildman–Crippen MR) is 136 cm³/mol. The molecule has 14 nitrogen and oxygen atoms in total. The molecular weight excluding hydrogens is 548 g/mol. The van der Waals surface area contributed by atoms with Gasteiger partial charge in [-0.2, -0.15) is 0 Å². The predicted octanol–water partition coefficient (Wildman–Crippen LogP) is -1.19. The molecule has 3 aliphatic rings. The number of aliphatic hydroxyl groups is 7. The van der Waals surface area contributed by atoms with E-state index in [0.717, 1.165) is 6.07 Å². The monoisotopic (exact) mass is 581 g/mol. The highest BCUT2D eigenvalue weighted by atomic mass is 16.7. The van der Waals surface area contributed by atoms with Gasteiger partial charge in [0.2, 0.25) is 6.29 Å². The van der Waals surface area contributed by atoms with Gasteiger partial charge in [0.05, 0.1) is 24.3 Å². The molecule has 2 aromatic carbocycles. The number of phenolic OH excluding ortho intramolecular Hbond substituents is 3. The summed E-state index contributed by atoms with van der Waals surface area (Å²) in [6.45, 7) is 0.993. The van der Waals surface area contributed by atoms with Crippen molar-refractivity contribution in [2.75, 3.05) is 6.61 Å². The highest BCUT2D eigenvalue weighted by Crippen LogP contribution is 2.45. The van der Waals surface area contributed by atoms with E-state index in [1.54, 1.807) is 12.1 Å². The van der Waals surface area contributed by atoms with Gasteiger partial charge in [0.1, 0.15) is 65.5 Å². The zero-order valence-corrected chi connectivity index (χ0v) is 21.7. The first kappa shape index (κ1) is 29.3. The Labute approximate surface area is 233 Å². The normalized spacial score (nSPS) is 37.0. The lowest BCUT2D eigenvalue weighted by Crippen LogP contribution is -2.61. The third-order valence-electron chi connectivity index (χ3n) is 7.31.